The lowest BCUT2D eigenvalue weighted by atomic mass is 10.0. The molecule has 0 heterocycles. The summed E-state index contributed by atoms with van der Waals surface area (Å²) in [5.74, 6) is 1.03. The molecule has 0 spiro atoms. The van der Waals surface area contributed by atoms with Crippen molar-refractivity contribution in [3.8, 4) is 11.5 Å². The third-order valence-corrected chi connectivity index (χ3v) is 5.04. The minimum Gasteiger partial charge on any atom is -0.497 e. The van der Waals surface area contributed by atoms with Crippen LogP contribution < -0.4 is 20.1 Å². The fraction of sp³-hybridized carbons (Fsp3) is 0.364. The van der Waals surface area contributed by atoms with Crippen molar-refractivity contribution in [2.75, 3.05) is 20.3 Å². The quantitative estimate of drug-likeness (QED) is 0.516. The van der Waals surface area contributed by atoms with Crippen LogP contribution in [-0.2, 0) is 16.1 Å². The number of hydrogen-bond donors (Lipinski definition) is 2. The highest BCUT2D eigenvalue weighted by atomic mass is 16.5. The summed E-state index contributed by atoms with van der Waals surface area (Å²) in [6.07, 6.45) is 1.16. The summed E-state index contributed by atoms with van der Waals surface area (Å²) in [4.78, 5) is 25.1. The van der Waals surface area contributed by atoms with Gasteiger partial charge in [0.15, 0.2) is 0 Å². The number of carbonyl (C=O) groups is 2. The van der Waals surface area contributed by atoms with Crippen LogP contribution in [0, 0.1) is 12.3 Å². The molecule has 1 aliphatic carbocycles. The maximum atomic E-state index is 12.6. The van der Waals surface area contributed by atoms with E-state index in [9.17, 15) is 9.59 Å². The Balaban J connectivity index is 1.42. The van der Waals surface area contributed by atoms with Gasteiger partial charge in [-0.25, -0.2) is 0 Å². The Hall–Kier alpha value is -3.02. The predicted octanol–water partition coefficient (Wildman–Crippen LogP) is 2.60. The molecule has 0 unspecified atom stereocenters. The molecule has 0 aliphatic heterocycles. The lowest BCUT2D eigenvalue weighted by Crippen LogP contribution is -2.43. The van der Waals surface area contributed by atoms with E-state index >= 15 is 0 Å². The molecular formula is C22H26N2O4. The van der Waals surface area contributed by atoms with Gasteiger partial charge in [0, 0.05) is 6.54 Å². The van der Waals surface area contributed by atoms with Crippen LogP contribution in [-0.4, -0.2) is 32.1 Å². The molecule has 1 fully saturated rings. The maximum Gasteiger partial charge on any atom is 0.235 e. The first kappa shape index (κ1) is 19.7. The lowest BCUT2D eigenvalue weighted by Gasteiger charge is -2.16. The first-order valence-corrected chi connectivity index (χ1v) is 9.43. The maximum absolute atomic E-state index is 12.6. The van der Waals surface area contributed by atoms with Crippen molar-refractivity contribution in [2.24, 2.45) is 5.41 Å². The molecule has 3 rings (SSSR count). The van der Waals surface area contributed by atoms with E-state index in [1.165, 1.54) is 0 Å². The van der Waals surface area contributed by atoms with Crippen LogP contribution >= 0.6 is 0 Å². The Morgan fingerprint density at radius 3 is 2.25 bits per heavy atom. The Morgan fingerprint density at radius 1 is 0.964 bits per heavy atom. The summed E-state index contributed by atoms with van der Waals surface area (Å²) in [6, 6.07) is 15.1. The van der Waals surface area contributed by atoms with Gasteiger partial charge in [-0.3, -0.25) is 9.59 Å². The van der Waals surface area contributed by atoms with Crippen LogP contribution in [0.1, 0.15) is 24.0 Å². The smallest absolute Gasteiger partial charge is 0.235 e. The Labute approximate surface area is 165 Å². The van der Waals surface area contributed by atoms with E-state index in [0.29, 0.717) is 38.3 Å². The molecule has 2 amide bonds. The van der Waals surface area contributed by atoms with E-state index in [0.717, 1.165) is 16.9 Å². The third kappa shape index (κ3) is 4.63. The summed E-state index contributed by atoms with van der Waals surface area (Å²) >= 11 is 0. The number of aryl methyl sites for hydroxylation is 1. The average Bonchev–Trinajstić information content (AvgIpc) is 3.53. The summed E-state index contributed by atoms with van der Waals surface area (Å²) in [6.45, 7) is 3.11. The normalized spacial score (nSPS) is 14.1. The fourth-order valence-electron chi connectivity index (χ4n) is 3.01. The highest BCUT2D eigenvalue weighted by Crippen LogP contribution is 2.46. The summed E-state index contributed by atoms with van der Waals surface area (Å²) in [5.41, 5.74) is 1.25. The SMILES string of the molecule is COc1ccc(OCCNC(=O)C2(C(=O)NCc3ccccc3C)CC2)cc1. The number of amides is 2. The first-order chi connectivity index (χ1) is 13.5. The number of benzene rings is 2. The highest BCUT2D eigenvalue weighted by Gasteiger charge is 2.56. The van der Waals surface area contributed by atoms with Gasteiger partial charge in [0.05, 0.1) is 13.7 Å². The topological polar surface area (TPSA) is 76.7 Å². The van der Waals surface area contributed by atoms with Gasteiger partial charge in [-0.1, -0.05) is 24.3 Å². The van der Waals surface area contributed by atoms with E-state index in [-0.39, 0.29) is 11.8 Å². The van der Waals surface area contributed by atoms with Crippen molar-refractivity contribution in [2.45, 2.75) is 26.3 Å². The molecule has 6 nitrogen and oxygen atoms in total. The summed E-state index contributed by atoms with van der Waals surface area (Å²) in [7, 11) is 1.61. The van der Waals surface area contributed by atoms with Gasteiger partial charge in [0.2, 0.25) is 11.8 Å². The van der Waals surface area contributed by atoms with Crippen LogP contribution in [0.5, 0.6) is 11.5 Å². The molecule has 0 bridgehead atoms. The summed E-state index contributed by atoms with van der Waals surface area (Å²) < 4.78 is 10.7. The minimum atomic E-state index is -0.928. The van der Waals surface area contributed by atoms with E-state index in [4.69, 9.17) is 9.47 Å². The van der Waals surface area contributed by atoms with Crippen molar-refractivity contribution in [1.82, 2.24) is 10.6 Å². The number of carbonyl (C=O) groups excluding carboxylic acids is 2. The number of rotatable bonds is 9. The van der Waals surface area contributed by atoms with Crippen molar-refractivity contribution in [3.05, 3.63) is 59.7 Å². The molecule has 2 aromatic carbocycles. The molecule has 6 heteroatoms. The third-order valence-electron chi connectivity index (χ3n) is 5.04. The standard InChI is InChI=1S/C22H26N2O4/c1-16-5-3-4-6-17(16)15-24-21(26)22(11-12-22)20(25)23-13-14-28-19-9-7-18(27-2)8-10-19/h3-10H,11-15H2,1-2H3,(H,23,25)(H,24,26). The van der Waals surface area contributed by atoms with E-state index in [1.807, 2.05) is 55.5 Å². The zero-order valence-corrected chi connectivity index (χ0v) is 16.3. The van der Waals surface area contributed by atoms with Crippen LogP contribution in [0.25, 0.3) is 0 Å². The van der Waals surface area contributed by atoms with Gasteiger partial charge in [-0.2, -0.15) is 0 Å². The van der Waals surface area contributed by atoms with Gasteiger partial charge >= 0.3 is 0 Å². The van der Waals surface area contributed by atoms with Gasteiger partial charge in [0.25, 0.3) is 0 Å². The Bertz CT molecular complexity index is 829. The van der Waals surface area contributed by atoms with Crippen LogP contribution in [0.3, 0.4) is 0 Å². The average molecular weight is 382 g/mol. The zero-order chi connectivity index (χ0) is 20.0. The zero-order valence-electron chi connectivity index (χ0n) is 16.3. The van der Waals surface area contributed by atoms with Crippen LogP contribution in [0.4, 0.5) is 0 Å². The Kier molecular flexibility index (Phi) is 6.19. The molecule has 0 radical (unpaired) electrons. The second-order valence-electron chi connectivity index (χ2n) is 6.97. The molecule has 0 saturated heterocycles. The molecule has 2 aromatic rings. The number of nitrogens with one attached hydrogen (secondary N) is 2. The number of ether oxygens (including phenoxy) is 2. The van der Waals surface area contributed by atoms with Gasteiger partial charge < -0.3 is 20.1 Å². The summed E-state index contributed by atoms with van der Waals surface area (Å²) in [5, 5.41) is 5.73. The van der Waals surface area contributed by atoms with Crippen molar-refractivity contribution in [1.29, 1.82) is 0 Å². The van der Waals surface area contributed by atoms with Gasteiger partial charge in [-0.15, -0.1) is 0 Å². The van der Waals surface area contributed by atoms with Crippen molar-refractivity contribution in [3.63, 3.8) is 0 Å². The molecule has 0 aromatic heterocycles. The molecule has 1 saturated carbocycles. The largest absolute Gasteiger partial charge is 0.497 e. The molecule has 148 valence electrons. The minimum absolute atomic E-state index is 0.204. The predicted molar refractivity (Wildman–Crippen MR) is 106 cm³/mol. The molecule has 28 heavy (non-hydrogen) atoms. The molecule has 2 N–H and O–H groups in total. The molecule has 0 atom stereocenters. The van der Waals surface area contributed by atoms with E-state index < -0.39 is 5.41 Å². The molecule has 1 aliphatic rings. The number of methoxy groups -OCH3 is 1. The van der Waals surface area contributed by atoms with Crippen molar-refractivity contribution < 1.29 is 19.1 Å². The monoisotopic (exact) mass is 382 g/mol. The van der Waals surface area contributed by atoms with Gasteiger partial charge in [-0.05, 0) is 55.2 Å². The fourth-order valence-corrected chi connectivity index (χ4v) is 3.01. The van der Waals surface area contributed by atoms with E-state index in [2.05, 4.69) is 10.6 Å². The van der Waals surface area contributed by atoms with Gasteiger partial charge in [0.1, 0.15) is 23.5 Å². The van der Waals surface area contributed by atoms with Crippen molar-refractivity contribution >= 4 is 11.8 Å². The van der Waals surface area contributed by atoms with Crippen LogP contribution in [0.2, 0.25) is 0 Å². The Morgan fingerprint density at radius 2 is 1.61 bits per heavy atom. The lowest BCUT2D eigenvalue weighted by molar-refractivity contribution is -0.137. The molecular weight excluding hydrogens is 356 g/mol. The second-order valence-corrected chi connectivity index (χ2v) is 6.97. The first-order valence-electron chi connectivity index (χ1n) is 9.43. The second kappa shape index (κ2) is 8.78. The van der Waals surface area contributed by atoms with Crippen LogP contribution in [0.15, 0.2) is 48.5 Å². The van der Waals surface area contributed by atoms with E-state index in [1.54, 1.807) is 7.11 Å². The highest BCUT2D eigenvalue weighted by molar-refractivity contribution is 6.07. The number of hydrogen-bond acceptors (Lipinski definition) is 4.